The monoisotopic (exact) mass is 436 g/mol. The van der Waals surface area contributed by atoms with E-state index in [0.717, 1.165) is 22.7 Å². The van der Waals surface area contributed by atoms with Gasteiger partial charge in [0.25, 0.3) is 5.91 Å². The van der Waals surface area contributed by atoms with Crippen molar-refractivity contribution in [2.45, 2.75) is 16.5 Å². The Morgan fingerprint density at radius 2 is 1.96 bits per heavy atom. The average Bonchev–Trinajstić information content (AvgIpc) is 3.20. The van der Waals surface area contributed by atoms with Crippen LogP contribution in [0.3, 0.4) is 0 Å². The van der Waals surface area contributed by atoms with Crippen molar-refractivity contribution in [2.75, 3.05) is 11.5 Å². The van der Waals surface area contributed by atoms with E-state index in [1.807, 2.05) is 17.5 Å². The van der Waals surface area contributed by atoms with Crippen LogP contribution in [-0.2, 0) is 16.4 Å². The number of rotatable bonds is 8. The number of nitrogens with one attached hydrogen (secondary N) is 1. The van der Waals surface area contributed by atoms with Crippen LogP contribution in [0.25, 0.3) is 0 Å². The molecule has 0 aliphatic rings. The first kappa shape index (κ1) is 20.5. The molecule has 146 valence electrons. The maximum Gasteiger partial charge on any atom is 0.254 e. The molecule has 0 saturated carbocycles. The highest BCUT2D eigenvalue weighted by molar-refractivity contribution is 8.00. The number of thiophene rings is 1. The van der Waals surface area contributed by atoms with Crippen molar-refractivity contribution < 1.29 is 17.6 Å². The van der Waals surface area contributed by atoms with Gasteiger partial charge in [-0.25, -0.2) is 17.8 Å². The van der Waals surface area contributed by atoms with Gasteiger partial charge in [-0.05, 0) is 35.7 Å². The number of nitrogens with zero attached hydrogens (tertiary/aromatic N) is 1. The first-order chi connectivity index (χ1) is 13.5. The molecule has 1 aromatic carbocycles. The Bertz CT molecular complexity index is 1050. The van der Waals surface area contributed by atoms with E-state index in [-0.39, 0.29) is 22.3 Å². The average molecular weight is 437 g/mol. The van der Waals surface area contributed by atoms with Crippen LogP contribution >= 0.6 is 23.1 Å². The second-order valence-electron chi connectivity index (χ2n) is 5.72. The van der Waals surface area contributed by atoms with E-state index in [9.17, 15) is 17.6 Å². The van der Waals surface area contributed by atoms with Crippen molar-refractivity contribution in [3.8, 4) is 0 Å². The van der Waals surface area contributed by atoms with Gasteiger partial charge in [0, 0.05) is 16.8 Å². The molecule has 0 bridgehead atoms. The zero-order valence-electron chi connectivity index (χ0n) is 14.7. The van der Waals surface area contributed by atoms with Crippen LogP contribution in [0, 0.1) is 5.82 Å². The SMILES string of the molecule is O=C(NCc1cccs1)c1cccnc1SCCS(=O)(=O)c1ccccc1F. The van der Waals surface area contributed by atoms with Crippen molar-refractivity contribution in [1.82, 2.24) is 10.3 Å². The fourth-order valence-electron chi connectivity index (χ4n) is 2.41. The maximum atomic E-state index is 13.8. The van der Waals surface area contributed by atoms with Gasteiger partial charge in [-0.3, -0.25) is 4.79 Å². The molecule has 2 aromatic heterocycles. The largest absolute Gasteiger partial charge is 0.347 e. The van der Waals surface area contributed by atoms with Crippen LogP contribution < -0.4 is 5.32 Å². The summed E-state index contributed by atoms with van der Waals surface area (Å²) in [6.07, 6.45) is 1.55. The molecule has 0 radical (unpaired) electrons. The van der Waals surface area contributed by atoms with Crippen molar-refractivity contribution in [3.63, 3.8) is 0 Å². The zero-order valence-corrected chi connectivity index (χ0v) is 17.1. The summed E-state index contributed by atoms with van der Waals surface area (Å²) in [6.45, 7) is 0.414. The van der Waals surface area contributed by atoms with Crippen LogP contribution in [0.1, 0.15) is 15.2 Å². The highest BCUT2D eigenvalue weighted by Gasteiger charge is 2.19. The van der Waals surface area contributed by atoms with Crippen molar-refractivity contribution in [3.05, 3.63) is 76.4 Å². The summed E-state index contributed by atoms with van der Waals surface area (Å²) in [6, 6.07) is 12.4. The summed E-state index contributed by atoms with van der Waals surface area (Å²) in [5, 5.41) is 5.21. The van der Waals surface area contributed by atoms with Crippen LogP contribution in [0.5, 0.6) is 0 Å². The Morgan fingerprint density at radius 1 is 1.14 bits per heavy atom. The molecule has 0 fully saturated rings. The highest BCUT2D eigenvalue weighted by atomic mass is 32.2. The second-order valence-corrected chi connectivity index (χ2v) is 9.91. The number of amides is 1. The number of hydrogen-bond donors (Lipinski definition) is 1. The molecule has 28 heavy (non-hydrogen) atoms. The molecule has 0 saturated heterocycles. The van der Waals surface area contributed by atoms with E-state index < -0.39 is 15.7 Å². The van der Waals surface area contributed by atoms with Gasteiger partial charge < -0.3 is 5.32 Å². The molecule has 0 atom stereocenters. The summed E-state index contributed by atoms with van der Waals surface area (Å²) < 4.78 is 38.4. The van der Waals surface area contributed by atoms with E-state index >= 15 is 0 Å². The van der Waals surface area contributed by atoms with Crippen LogP contribution in [0.15, 0.2) is 70.0 Å². The van der Waals surface area contributed by atoms with Crippen molar-refractivity contribution in [1.29, 1.82) is 0 Å². The lowest BCUT2D eigenvalue weighted by Crippen LogP contribution is -2.23. The molecule has 0 unspecified atom stereocenters. The molecule has 0 spiro atoms. The van der Waals surface area contributed by atoms with Gasteiger partial charge in [0.05, 0.1) is 17.9 Å². The number of pyridine rings is 1. The number of halogens is 1. The molecule has 1 amide bonds. The minimum absolute atomic E-state index is 0.152. The summed E-state index contributed by atoms with van der Waals surface area (Å²) in [4.78, 5) is 17.4. The lowest BCUT2D eigenvalue weighted by molar-refractivity contribution is 0.0947. The first-order valence-electron chi connectivity index (χ1n) is 8.33. The summed E-state index contributed by atoms with van der Waals surface area (Å²) in [5.74, 6) is -1.15. The van der Waals surface area contributed by atoms with E-state index in [1.54, 1.807) is 29.7 Å². The number of sulfone groups is 1. The third-order valence-electron chi connectivity index (χ3n) is 3.78. The van der Waals surface area contributed by atoms with Crippen molar-refractivity contribution in [2.24, 2.45) is 0 Å². The third kappa shape index (κ3) is 5.18. The number of carbonyl (C=O) groups is 1. The lowest BCUT2D eigenvalue weighted by atomic mass is 10.2. The highest BCUT2D eigenvalue weighted by Crippen LogP contribution is 2.23. The lowest BCUT2D eigenvalue weighted by Gasteiger charge is -2.09. The maximum absolute atomic E-state index is 13.8. The molecule has 1 N–H and O–H groups in total. The molecule has 3 rings (SSSR count). The molecule has 9 heteroatoms. The normalized spacial score (nSPS) is 11.3. The minimum atomic E-state index is -3.76. The zero-order chi connectivity index (χ0) is 20.0. The Hall–Kier alpha value is -2.23. The number of benzene rings is 1. The molecule has 0 aliphatic heterocycles. The molecule has 2 heterocycles. The number of aromatic nitrogens is 1. The predicted molar refractivity (Wildman–Crippen MR) is 109 cm³/mol. The summed E-state index contributed by atoms with van der Waals surface area (Å²) >= 11 is 2.70. The van der Waals surface area contributed by atoms with E-state index in [0.29, 0.717) is 17.1 Å². The molecular formula is C19H17FN2O3S3. The molecule has 0 aliphatic carbocycles. The standard InChI is InChI=1S/C19H17FN2O3S3/c20-16-7-1-2-8-17(16)28(24,25)12-11-27-19-15(6-3-9-21-19)18(23)22-13-14-5-4-10-26-14/h1-10H,11-13H2,(H,22,23). The smallest absolute Gasteiger partial charge is 0.254 e. The van der Waals surface area contributed by atoms with Gasteiger partial charge in [0.15, 0.2) is 9.84 Å². The summed E-state index contributed by atoms with van der Waals surface area (Å²) in [5.41, 5.74) is 0.382. The predicted octanol–water partition coefficient (Wildman–Crippen LogP) is 3.78. The molecule has 5 nitrogen and oxygen atoms in total. The van der Waals surface area contributed by atoms with Gasteiger partial charge in [-0.15, -0.1) is 23.1 Å². The van der Waals surface area contributed by atoms with Crippen LogP contribution in [-0.4, -0.2) is 30.8 Å². The number of carbonyl (C=O) groups excluding carboxylic acids is 1. The topological polar surface area (TPSA) is 76.1 Å². The van der Waals surface area contributed by atoms with Crippen LogP contribution in [0.2, 0.25) is 0 Å². The Balaban J connectivity index is 1.63. The van der Waals surface area contributed by atoms with Gasteiger partial charge in [0.1, 0.15) is 15.7 Å². The minimum Gasteiger partial charge on any atom is -0.347 e. The van der Waals surface area contributed by atoms with Gasteiger partial charge in [-0.1, -0.05) is 18.2 Å². The Morgan fingerprint density at radius 3 is 2.71 bits per heavy atom. The van der Waals surface area contributed by atoms with Crippen LogP contribution in [0.4, 0.5) is 4.39 Å². The Labute approximate surface area is 170 Å². The number of hydrogen-bond acceptors (Lipinski definition) is 6. The van der Waals surface area contributed by atoms with Gasteiger partial charge in [0.2, 0.25) is 0 Å². The molecular weight excluding hydrogens is 419 g/mol. The van der Waals surface area contributed by atoms with Gasteiger partial charge in [-0.2, -0.15) is 0 Å². The van der Waals surface area contributed by atoms with E-state index in [2.05, 4.69) is 10.3 Å². The third-order valence-corrected chi connectivity index (χ3v) is 7.67. The fourth-order valence-corrected chi connectivity index (χ4v) is 5.78. The quantitative estimate of drug-likeness (QED) is 0.544. The Kier molecular flexibility index (Phi) is 6.82. The van der Waals surface area contributed by atoms with E-state index in [1.165, 1.54) is 18.2 Å². The van der Waals surface area contributed by atoms with Crippen molar-refractivity contribution >= 4 is 38.8 Å². The van der Waals surface area contributed by atoms with E-state index in [4.69, 9.17) is 0 Å². The molecule has 3 aromatic rings. The van der Waals surface area contributed by atoms with Gasteiger partial charge >= 0.3 is 0 Å². The first-order valence-corrected chi connectivity index (χ1v) is 11.8. The number of thioether (sulfide) groups is 1. The fraction of sp³-hybridized carbons (Fsp3) is 0.158. The summed E-state index contributed by atoms with van der Waals surface area (Å²) in [7, 11) is -3.76. The second kappa shape index (κ2) is 9.31.